The van der Waals surface area contributed by atoms with Gasteiger partial charge in [-0.3, -0.25) is 9.78 Å². The molecule has 3 aromatic carbocycles. The van der Waals surface area contributed by atoms with Crippen LogP contribution in [0.3, 0.4) is 0 Å². The van der Waals surface area contributed by atoms with Gasteiger partial charge in [-0.15, -0.1) is 0 Å². The van der Waals surface area contributed by atoms with Gasteiger partial charge in [0.15, 0.2) is 0 Å². The van der Waals surface area contributed by atoms with Crippen LogP contribution in [0.25, 0.3) is 32.8 Å². The van der Waals surface area contributed by atoms with Gasteiger partial charge in [0.25, 0.3) is 0 Å². The van der Waals surface area contributed by atoms with E-state index in [1.54, 1.807) is 20.8 Å². The second-order valence-corrected chi connectivity index (χ2v) is 9.99. The molecule has 1 aliphatic rings. The van der Waals surface area contributed by atoms with Crippen molar-refractivity contribution in [2.45, 2.75) is 46.1 Å². The largest absolute Gasteiger partial charge is 0.493 e. The minimum absolute atomic E-state index is 0.0664. The van der Waals surface area contributed by atoms with Crippen molar-refractivity contribution in [1.82, 2.24) is 4.98 Å². The number of carboxylic acids is 1. The molecule has 5 nitrogen and oxygen atoms in total. The van der Waals surface area contributed by atoms with E-state index in [4.69, 9.17) is 21.4 Å². The predicted molar refractivity (Wildman–Crippen MR) is 137 cm³/mol. The van der Waals surface area contributed by atoms with Crippen LogP contribution in [0.4, 0.5) is 0 Å². The maximum atomic E-state index is 11.7. The summed E-state index contributed by atoms with van der Waals surface area (Å²) in [6.45, 7) is 7.84. The Morgan fingerprint density at radius 2 is 1.88 bits per heavy atom. The first-order valence-electron chi connectivity index (χ1n) is 11.2. The maximum absolute atomic E-state index is 11.7. The number of nitrogens with zero attached hydrogens (tertiary/aromatic N) is 1. The zero-order chi connectivity index (χ0) is 24.6. The van der Waals surface area contributed by atoms with Gasteiger partial charge in [-0.2, -0.15) is 0 Å². The van der Waals surface area contributed by atoms with Gasteiger partial charge in [-0.1, -0.05) is 23.7 Å². The zero-order valence-corrected chi connectivity index (χ0v) is 20.5. The van der Waals surface area contributed by atoms with Gasteiger partial charge in [0, 0.05) is 28.6 Å². The van der Waals surface area contributed by atoms with Crippen molar-refractivity contribution in [2.75, 3.05) is 6.61 Å². The summed E-state index contributed by atoms with van der Waals surface area (Å²) in [5.41, 5.74) is 5.04. The number of ether oxygens (including phenoxy) is 1. The number of aryl methyl sites for hydroxylation is 1. The molecule has 4 aromatic rings. The molecular formula is C28H28ClNO4. The first-order valence-corrected chi connectivity index (χ1v) is 11.6. The molecule has 1 aromatic heterocycles. The molecule has 0 amide bonds. The molecule has 2 heterocycles. The summed E-state index contributed by atoms with van der Waals surface area (Å²) in [5, 5.41) is 21.7. The van der Waals surface area contributed by atoms with Crippen LogP contribution in [-0.2, 0) is 17.6 Å². The molecule has 0 unspecified atom stereocenters. The molecule has 176 valence electrons. The monoisotopic (exact) mass is 477 g/mol. The minimum Gasteiger partial charge on any atom is -0.493 e. The number of hydrogen-bond donors (Lipinski definition) is 2. The van der Waals surface area contributed by atoms with E-state index in [9.17, 15) is 9.90 Å². The lowest BCUT2D eigenvalue weighted by atomic mass is 9.87. The van der Waals surface area contributed by atoms with Crippen LogP contribution in [0, 0.1) is 6.92 Å². The van der Waals surface area contributed by atoms with Crippen molar-refractivity contribution in [1.29, 1.82) is 0 Å². The van der Waals surface area contributed by atoms with Crippen LogP contribution in [-0.4, -0.2) is 33.4 Å². The van der Waals surface area contributed by atoms with Crippen LogP contribution in [0.1, 0.15) is 37.5 Å². The molecule has 6 heteroatoms. The van der Waals surface area contributed by atoms with Gasteiger partial charge in [0.05, 0.1) is 24.1 Å². The minimum atomic E-state index is -0.866. The van der Waals surface area contributed by atoms with Gasteiger partial charge >= 0.3 is 5.97 Å². The lowest BCUT2D eigenvalue weighted by Gasteiger charge is -2.21. The van der Waals surface area contributed by atoms with Crippen LogP contribution in [0.2, 0.25) is 5.02 Å². The summed E-state index contributed by atoms with van der Waals surface area (Å²) in [6, 6.07) is 13.7. The predicted octanol–water partition coefficient (Wildman–Crippen LogP) is 6.36. The third-order valence-corrected chi connectivity index (χ3v) is 5.84. The van der Waals surface area contributed by atoms with E-state index in [0.717, 1.165) is 56.1 Å². The summed E-state index contributed by atoms with van der Waals surface area (Å²) in [5.74, 6) is -0.0392. The summed E-state index contributed by atoms with van der Waals surface area (Å²) in [7, 11) is 0. The molecule has 0 spiro atoms. The zero-order valence-electron chi connectivity index (χ0n) is 19.8. The lowest BCUT2D eigenvalue weighted by molar-refractivity contribution is -0.136. The first-order chi connectivity index (χ1) is 16.0. The summed E-state index contributed by atoms with van der Waals surface area (Å²) < 4.78 is 5.86. The number of benzene rings is 3. The molecule has 2 N–H and O–H groups in total. The van der Waals surface area contributed by atoms with Gasteiger partial charge in [0.1, 0.15) is 5.75 Å². The fourth-order valence-electron chi connectivity index (χ4n) is 4.34. The number of rotatable bonds is 3. The van der Waals surface area contributed by atoms with E-state index in [0.29, 0.717) is 11.6 Å². The molecule has 0 atom stereocenters. The van der Waals surface area contributed by atoms with Crippen molar-refractivity contribution in [3.05, 3.63) is 70.4 Å². The van der Waals surface area contributed by atoms with Gasteiger partial charge in [0.2, 0.25) is 0 Å². The van der Waals surface area contributed by atoms with Crippen molar-refractivity contribution in [3.63, 3.8) is 0 Å². The number of aromatic nitrogens is 1. The van der Waals surface area contributed by atoms with Crippen molar-refractivity contribution in [3.8, 4) is 16.9 Å². The normalized spacial score (nSPS) is 12.8. The summed E-state index contributed by atoms with van der Waals surface area (Å²) in [4.78, 5) is 16.4. The average Bonchev–Trinajstić information content (AvgIpc) is 2.74. The number of pyridine rings is 1. The molecular weight excluding hydrogens is 450 g/mol. The number of hydrogen-bond acceptors (Lipinski definition) is 4. The fourth-order valence-corrected chi connectivity index (χ4v) is 4.51. The van der Waals surface area contributed by atoms with Crippen molar-refractivity contribution < 1.29 is 19.7 Å². The third-order valence-electron chi connectivity index (χ3n) is 5.60. The van der Waals surface area contributed by atoms with E-state index in [-0.39, 0.29) is 6.42 Å². The number of aliphatic hydroxyl groups is 1. The Morgan fingerprint density at radius 1 is 1.15 bits per heavy atom. The standard InChI is InChI=1S/C24H18ClNO3.C4H10O/c1-13-10-15-2-3-16(25)11-19(15)23(18(13)12-21(27)28)17-4-5-20-22-14(7-9-29-20)6-8-26-24(17)22;1-4(2,3)5/h2-6,8,10-11H,7,9,12H2,1H3,(H,27,28);5H,1-3H3. The highest BCUT2D eigenvalue weighted by molar-refractivity contribution is 6.31. The Labute approximate surface area is 204 Å². The topological polar surface area (TPSA) is 79.7 Å². The molecule has 0 fully saturated rings. The van der Waals surface area contributed by atoms with Crippen molar-refractivity contribution >= 4 is 39.2 Å². The second kappa shape index (κ2) is 9.24. The third kappa shape index (κ3) is 5.01. The number of carbonyl (C=O) groups is 1. The SMILES string of the molecule is CC(C)(C)O.Cc1cc2ccc(Cl)cc2c(-c2ccc3c4c(ccnc24)CCO3)c1CC(=O)O. The Kier molecular flexibility index (Phi) is 6.52. The van der Waals surface area contributed by atoms with E-state index >= 15 is 0 Å². The number of fused-ring (bicyclic) bond motifs is 1. The molecule has 0 aliphatic carbocycles. The van der Waals surface area contributed by atoms with Crippen LogP contribution in [0.15, 0.2) is 48.7 Å². The number of aliphatic carboxylic acids is 1. The van der Waals surface area contributed by atoms with Gasteiger partial charge in [-0.25, -0.2) is 0 Å². The van der Waals surface area contributed by atoms with Gasteiger partial charge in [-0.05, 0) is 91.1 Å². The van der Waals surface area contributed by atoms with Crippen LogP contribution >= 0.6 is 11.6 Å². The summed E-state index contributed by atoms with van der Waals surface area (Å²) >= 11 is 6.32. The average molecular weight is 478 g/mol. The van der Waals surface area contributed by atoms with E-state index < -0.39 is 11.6 Å². The molecule has 5 rings (SSSR count). The van der Waals surface area contributed by atoms with E-state index in [2.05, 4.69) is 4.98 Å². The summed E-state index contributed by atoms with van der Waals surface area (Å²) in [6.07, 6.45) is 2.58. The Bertz CT molecular complexity index is 1390. The molecule has 0 radical (unpaired) electrons. The Balaban J connectivity index is 0.000000499. The van der Waals surface area contributed by atoms with Crippen LogP contribution in [0.5, 0.6) is 5.75 Å². The van der Waals surface area contributed by atoms with Crippen LogP contribution < -0.4 is 4.74 Å². The molecule has 34 heavy (non-hydrogen) atoms. The maximum Gasteiger partial charge on any atom is 0.307 e. The quantitative estimate of drug-likeness (QED) is 0.359. The van der Waals surface area contributed by atoms with Crippen molar-refractivity contribution in [2.24, 2.45) is 0 Å². The second-order valence-electron chi connectivity index (χ2n) is 9.56. The van der Waals surface area contributed by atoms with Gasteiger partial charge < -0.3 is 14.9 Å². The smallest absolute Gasteiger partial charge is 0.307 e. The first kappa shape index (κ1) is 24.0. The number of carboxylic acid groups (broad SMARTS) is 1. The fraction of sp³-hybridized carbons (Fsp3) is 0.286. The molecule has 0 saturated heterocycles. The molecule has 0 saturated carbocycles. The van der Waals surface area contributed by atoms with E-state index in [1.807, 2.05) is 55.6 Å². The number of halogens is 1. The molecule has 0 bridgehead atoms. The lowest BCUT2D eigenvalue weighted by Crippen LogP contribution is -2.10. The highest BCUT2D eigenvalue weighted by Crippen LogP contribution is 2.42. The highest BCUT2D eigenvalue weighted by Gasteiger charge is 2.22. The van der Waals surface area contributed by atoms with E-state index in [1.165, 1.54) is 5.56 Å². The highest BCUT2D eigenvalue weighted by atomic mass is 35.5. The molecule has 1 aliphatic heterocycles. The Hall–Kier alpha value is -3.15. The Morgan fingerprint density at radius 3 is 2.59 bits per heavy atom.